The van der Waals surface area contributed by atoms with Gasteiger partial charge in [0.15, 0.2) is 0 Å². The third-order valence-corrected chi connectivity index (χ3v) is 4.58. The van der Waals surface area contributed by atoms with Crippen LogP contribution in [0.4, 0.5) is 0 Å². The van der Waals surface area contributed by atoms with E-state index in [0.717, 1.165) is 36.3 Å². The molecule has 2 aromatic carbocycles. The highest BCUT2D eigenvalue weighted by atomic mass is 35.5. The summed E-state index contributed by atoms with van der Waals surface area (Å²) in [6.07, 6.45) is 3.90. The fourth-order valence-electron chi connectivity index (χ4n) is 2.82. The van der Waals surface area contributed by atoms with Crippen molar-refractivity contribution in [3.05, 3.63) is 76.2 Å². The first kappa shape index (κ1) is 17.0. The minimum absolute atomic E-state index is 0.416. The fourth-order valence-corrected chi connectivity index (χ4v) is 3.32. The number of aryl methyl sites for hydroxylation is 2. The number of aromatic nitrogens is 2. The lowest BCUT2D eigenvalue weighted by molar-refractivity contribution is 0.617. The Kier molecular flexibility index (Phi) is 5.56. The maximum Gasteiger partial charge on any atom is 0.0956 e. The zero-order chi connectivity index (χ0) is 16.9. The first-order valence-electron chi connectivity index (χ1n) is 7.92. The van der Waals surface area contributed by atoms with Gasteiger partial charge in [-0.05, 0) is 36.6 Å². The van der Waals surface area contributed by atoms with Gasteiger partial charge in [0.2, 0.25) is 0 Å². The average Bonchev–Trinajstić information content (AvgIpc) is 2.98. The highest BCUT2D eigenvalue weighted by Crippen LogP contribution is 2.31. The summed E-state index contributed by atoms with van der Waals surface area (Å²) in [4.78, 5) is 4.53. The van der Waals surface area contributed by atoms with E-state index in [0.29, 0.717) is 16.6 Å². The summed E-state index contributed by atoms with van der Waals surface area (Å²) in [7, 11) is 0. The first-order chi connectivity index (χ1) is 11.7. The third kappa shape index (κ3) is 3.81. The molecule has 124 valence electrons. The molecule has 24 heavy (non-hydrogen) atoms. The second kappa shape index (κ2) is 7.84. The van der Waals surface area contributed by atoms with Gasteiger partial charge >= 0.3 is 0 Å². The van der Waals surface area contributed by atoms with Crippen molar-refractivity contribution in [3.8, 4) is 11.3 Å². The van der Waals surface area contributed by atoms with Gasteiger partial charge in [0.05, 0.1) is 22.7 Å². The summed E-state index contributed by atoms with van der Waals surface area (Å²) in [5.41, 5.74) is 10.00. The molecule has 0 fully saturated rings. The quantitative estimate of drug-likeness (QED) is 0.676. The van der Waals surface area contributed by atoms with Gasteiger partial charge in [0.25, 0.3) is 0 Å². The Hall–Kier alpha value is -1.81. The Bertz CT molecular complexity index is 813. The van der Waals surface area contributed by atoms with Crippen LogP contribution in [0, 0.1) is 0 Å². The summed E-state index contributed by atoms with van der Waals surface area (Å²) in [6, 6.07) is 15.9. The first-order valence-corrected chi connectivity index (χ1v) is 8.68. The summed E-state index contributed by atoms with van der Waals surface area (Å²) in [5.74, 6) is 0. The Balaban J connectivity index is 1.77. The molecule has 0 aliphatic heterocycles. The molecule has 0 aliphatic carbocycles. The number of hydrogen-bond acceptors (Lipinski definition) is 2. The standard InChI is InChI=1S/C19H19Cl2N3/c20-15-8-9-16(17(21)11-15)19-18(12-22)24(13-23-19)10-4-7-14-5-2-1-3-6-14/h1-3,5-6,8-9,11,13H,4,7,10,12,22H2. The maximum atomic E-state index is 6.31. The summed E-state index contributed by atoms with van der Waals surface area (Å²) < 4.78 is 2.11. The molecule has 0 amide bonds. The molecule has 0 atom stereocenters. The molecule has 5 heteroatoms. The van der Waals surface area contributed by atoms with E-state index < -0.39 is 0 Å². The number of halogens is 2. The van der Waals surface area contributed by atoms with Crippen molar-refractivity contribution >= 4 is 23.2 Å². The Morgan fingerprint density at radius 1 is 1.04 bits per heavy atom. The molecule has 0 bridgehead atoms. The SMILES string of the molecule is NCc1c(-c2ccc(Cl)cc2Cl)ncn1CCCc1ccccc1. The van der Waals surface area contributed by atoms with Crippen LogP contribution in [0.2, 0.25) is 10.0 Å². The van der Waals surface area contributed by atoms with Crippen LogP contribution < -0.4 is 5.73 Å². The van der Waals surface area contributed by atoms with Crippen LogP contribution in [0.5, 0.6) is 0 Å². The molecule has 3 nitrogen and oxygen atoms in total. The number of benzene rings is 2. The molecule has 1 aromatic heterocycles. The van der Waals surface area contributed by atoms with Gasteiger partial charge in [0, 0.05) is 23.7 Å². The van der Waals surface area contributed by atoms with Crippen molar-refractivity contribution in [3.63, 3.8) is 0 Å². The van der Waals surface area contributed by atoms with Gasteiger partial charge in [-0.1, -0.05) is 53.5 Å². The molecular formula is C19H19Cl2N3. The molecular weight excluding hydrogens is 341 g/mol. The second-order valence-corrected chi connectivity index (χ2v) is 6.49. The van der Waals surface area contributed by atoms with Crippen LogP contribution in [-0.4, -0.2) is 9.55 Å². The van der Waals surface area contributed by atoms with Crippen molar-refractivity contribution < 1.29 is 0 Å². The molecule has 3 rings (SSSR count). The van der Waals surface area contributed by atoms with Crippen LogP contribution in [0.1, 0.15) is 17.7 Å². The van der Waals surface area contributed by atoms with Crippen LogP contribution in [-0.2, 0) is 19.5 Å². The molecule has 0 spiro atoms. The van der Waals surface area contributed by atoms with Crippen molar-refractivity contribution in [1.82, 2.24) is 9.55 Å². The average molecular weight is 360 g/mol. The lowest BCUT2D eigenvalue weighted by atomic mass is 10.1. The van der Waals surface area contributed by atoms with E-state index in [9.17, 15) is 0 Å². The smallest absolute Gasteiger partial charge is 0.0956 e. The van der Waals surface area contributed by atoms with E-state index in [4.69, 9.17) is 28.9 Å². The van der Waals surface area contributed by atoms with E-state index >= 15 is 0 Å². The van der Waals surface area contributed by atoms with Crippen LogP contribution in [0.15, 0.2) is 54.9 Å². The number of rotatable bonds is 6. The maximum absolute atomic E-state index is 6.31. The van der Waals surface area contributed by atoms with Crippen molar-refractivity contribution in [1.29, 1.82) is 0 Å². The van der Waals surface area contributed by atoms with E-state index in [-0.39, 0.29) is 0 Å². The molecule has 0 saturated heterocycles. The summed E-state index contributed by atoms with van der Waals surface area (Å²) in [5, 5.41) is 1.20. The topological polar surface area (TPSA) is 43.8 Å². The van der Waals surface area contributed by atoms with E-state index in [2.05, 4.69) is 33.8 Å². The Morgan fingerprint density at radius 3 is 2.54 bits per heavy atom. The fraction of sp³-hybridized carbons (Fsp3) is 0.211. The lowest BCUT2D eigenvalue weighted by Gasteiger charge is -2.09. The van der Waals surface area contributed by atoms with E-state index in [1.807, 2.05) is 24.5 Å². The van der Waals surface area contributed by atoms with Gasteiger partial charge < -0.3 is 10.3 Å². The predicted molar refractivity (Wildman–Crippen MR) is 100 cm³/mol. The van der Waals surface area contributed by atoms with E-state index in [1.165, 1.54) is 5.56 Å². The highest BCUT2D eigenvalue weighted by molar-refractivity contribution is 6.36. The van der Waals surface area contributed by atoms with Gasteiger partial charge in [0.1, 0.15) is 0 Å². The number of hydrogen-bond donors (Lipinski definition) is 1. The zero-order valence-electron chi connectivity index (χ0n) is 13.3. The minimum Gasteiger partial charge on any atom is -0.333 e. The van der Waals surface area contributed by atoms with Gasteiger partial charge in [-0.15, -0.1) is 0 Å². The van der Waals surface area contributed by atoms with Crippen molar-refractivity contribution in [2.45, 2.75) is 25.9 Å². The molecule has 0 radical (unpaired) electrons. The summed E-state index contributed by atoms with van der Waals surface area (Å²) >= 11 is 12.3. The lowest BCUT2D eigenvalue weighted by Crippen LogP contribution is -2.08. The minimum atomic E-state index is 0.416. The number of nitrogens with zero attached hydrogens (tertiary/aromatic N) is 2. The van der Waals surface area contributed by atoms with Crippen LogP contribution >= 0.6 is 23.2 Å². The highest BCUT2D eigenvalue weighted by Gasteiger charge is 2.14. The third-order valence-electron chi connectivity index (χ3n) is 4.03. The summed E-state index contributed by atoms with van der Waals surface area (Å²) in [6.45, 7) is 1.29. The number of imidazole rings is 1. The molecule has 0 unspecified atom stereocenters. The predicted octanol–water partition coefficient (Wildman–Crippen LogP) is 4.95. The van der Waals surface area contributed by atoms with Crippen molar-refractivity contribution in [2.24, 2.45) is 5.73 Å². The van der Waals surface area contributed by atoms with Crippen LogP contribution in [0.25, 0.3) is 11.3 Å². The normalized spacial score (nSPS) is 11.0. The van der Waals surface area contributed by atoms with Gasteiger partial charge in [-0.25, -0.2) is 4.98 Å². The Morgan fingerprint density at radius 2 is 1.83 bits per heavy atom. The van der Waals surface area contributed by atoms with Crippen molar-refractivity contribution in [2.75, 3.05) is 0 Å². The van der Waals surface area contributed by atoms with Gasteiger partial charge in [-0.3, -0.25) is 0 Å². The largest absolute Gasteiger partial charge is 0.333 e. The molecule has 0 aliphatic rings. The van der Waals surface area contributed by atoms with Gasteiger partial charge in [-0.2, -0.15) is 0 Å². The Labute approximate surface area is 152 Å². The number of nitrogens with two attached hydrogens (primary N) is 1. The van der Waals surface area contributed by atoms with E-state index in [1.54, 1.807) is 6.07 Å². The molecule has 3 aromatic rings. The van der Waals surface area contributed by atoms with Crippen LogP contribution in [0.3, 0.4) is 0 Å². The second-order valence-electron chi connectivity index (χ2n) is 5.65. The zero-order valence-corrected chi connectivity index (χ0v) is 14.8. The molecule has 0 saturated carbocycles. The monoisotopic (exact) mass is 359 g/mol. The molecule has 2 N–H and O–H groups in total. The molecule has 1 heterocycles.